The van der Waals surface area contributed by atoms with E-state index in [0.717, 1.165) is 39.5 Å². The Hall–Kier alpha value is -7.42. The molecule has 11 aromatic rings. The molecule has 10 aromatic carbocycles. The van der Waals surface area contributed by atoms with Gasteiger partial charge in [-0.1, -0.05) is 190 Å². The minimum atomic E-state index is -0.362. The molecule has 12 rings (SSSR count). The smallest absolute Gasteiger partial charge is 0.160 e. The monoisotopic (exact) mass is 750 g/mol. The van der Waals surface area contributed by atoms with E-state index in [0.29, 0.717) is 0 Å². The Morgan fingerprint density at radius 1 is 0.305 bits per heavy atom. The lowest BCUT2D eigenvalue weighted by molar-refractivity contribution is 0.641. The second-order valence-electron chi connectivity index (χ2n) is 16.5. The third kappa shape index (κ3) is 5.06. The van der Waals surface area contributed by atoms with Gasteiger partial charge in [0.25, 0.3) is 0 Å². The van der Waals surface area contributed by atoms with Crippen molar-refractivity contribution in [2.24, 2.45) is 0 Å². The fraction of sp³-hybridized carbons (Fsp3) is 0.0526. The molecule has 0 radical (unpaired) electrons. The van der Waals surface area contributed by atoms with Crippen LogP contribution in [0.2, 0.25) is 0 Å². The normalized spacial score (nSPS) is 13.1. The predicted octanol–water partition coefficient (Wildman–Crippen LogP) is 15.2. The Bertz CT molecular complexity index is 3490. The summed E-state index contributed by atoms with van der Waals surface area (Å²) in [5.41, 5.74) is 12.2. The van der Waals surface area contributed by atoms with Gasteiger partial charge in [0, 0.05) is 22.1 Å². The first-order valence-electron chi connectivity index (χ1n) is 20.5. The standard InChI is InChI=1S/C57H38N2/c1-57(2)53-49-29-13-11-26-45(49)44-25-10-12-28-48(44)51(53)52-54(58-56(59-55(52)57)35-16-4-3-5-17-35)40-21-15-20-38(33-40)36-18-14-19-37(32-36)39-30-31-47-43-24-7-6-22-41(43)42-23-8-9-27-46(42)50(47)34-39/h3-34H,1-2H3. The van der Waals surface area contributed by atoms with Crippen molar-refractivity contribution in [1.29, 1.82) is 0 Å². The van der Waals surface area contributed by atoms with Crippen LogP contribution in [-0.2, 0) is 5.41 Å². The average molecular weight is 751 g/mol. The lowest BCUT2D eigenvalue weighted by Gasteiger charge is -2.23. The third-order valence-corrected chi connectivity index (χ3v) is 12.8. The number of benzene rings is 10. The van der Waals surface area contributed by atoms with E-state index < -0.39 is 0 Å². The molecule has 0 spiro atoms. The van der Waals surface area contributed by atoms with E-state index in [1.165, 1.54) is 81.7 Å². The lowest BCUT2D eigenvalue weighted by Crippen LogP contribution is -2.18. The molecule has 1 aromatic heterocycles. The maximum absolute atomic E-state index is 5.50. The molecule has 1 heterocycles. The number of rotatable bonds is 4. The van der Waals surface area contributed by atoms with Crippen LogP contribution in [0.25, 0.3) is 110 Å². The van der Waals surface area contributed by atoms with Gasteiger partial charge in [-0.25, -0.2) is 9.97 Å². The Morgan fingerprint density at radius 3 is 1.34 bits per heavy atom. The molecular weight excluding hydrogens is 713 g/mol. The van der Waals surface area contributed by atoms with Gasteiger partial charge in [0.15, 0.2) is 5.82 Å². The summed E-state index contributed by atoms with van der Waals surface area (Å²) in [6, 6.07) is 70.6. The van der Waals surface area contributed by atoms with Crippen LogP contribution in [0.4, 0.5) is 0 Å². The summed E-state index contributed by atoms with van der Waals surface area (Å²) < 4.78 is 0. The number of hydrogen-bond acceptors (Lipinski definition) is 2. The maximum Gasteiger partial charge on any atom is 0.160 e. The lowest BCUT2D eigenvalue weighted by atomic mass is 9.81. The highest BCUT2D eigenvalue weighted by Crippen LogP contribution is 2.56. The third-order valence-electron chi connectivity index (χ3n) is 12.8. The van der Waals surface area contributed by atoms with Crippen molar-refractivity contribution in [3.05, 3.63) is 205 Å². The van der Waals surface area contributed by atoms with Crippen LogP contribution in [0.1, 0.15) is 25.1 Å². The minimum Gasteiger partial charge on any atom is -0.231 e. The van der Waals surface area contributed by atoms with E-state index in [9.17, 15) is 0 Å². The summed E-state index contributed by atoms with van der Waals surface area (Å²) in [6.07, 6.45) is 0. The zero-order valence-corrected chi connectivity index (χ0v) is 32.9. The quantitative estimate of drug-likeness (QED) is 0.167. The molecule has 1 aliphatic rings. The molecule has 0 atom stereocenters. The molecule has 2 heteroatoms. The molecule has 0 bridgehead atoms. The van der Waals surface area contributed by atoms with E-state index in [4.69, 9.17) is 9.97 Å². The Labute approximate surface area is 343 Å². The van der Waals surface area contributed by atoms with Gasteiger partial charge in [-0.05, 0) is 105 Å². The van der Waals surface area contributed by atoms with Gasteiger partial charge in [-0.15, -0.1) is 0 Å². The van der Waals surface area contributed by atoms with Crippen LogP contribution < -0.4 is 0 Å². The molecule has 0 amide bonds. The number of fused-ring (bicyclic) bond motifs is 14. The predicted molar refractivity (Wildman–Crippen MR) is 249 cm³/mol. The van der Waals surface area contributed by atoms with Crippen LogP contribution in [0, 0.1) is 0 Å². The van der Waals surface area contributed by atoms with Gasteiger partial charge in [-0.2, -0.15) is 0 Å². The van der Waals surface area contributed by atoms with E-state index in [1.807, 2.05) is 0 Å². The zero-order chi connectivity index (χ0) is 39.2. The first-order chi connectivity index (χ1) is 29.0. The van der Waals surface area contributed by atoms with Gasteiger partial charge in [0.1, 0.15) is 0 Å². The van der Waals surface area contributed by atoms with E-state index in [2.05, 4.69) is 208 Å². The molecule has 0 fully saturated rings. The molecule has 0 unspecified atom stereocenters. The van der Waals surface area contributed by atoms with Gasteiger partial charge in [0.2, 0.25) is 0 Å². The van der Waals surface area contributed by atoms with Crippen molar-refractivity contribution < 1.29 is 0 Å². The van der Waals surface area contributed by atoms with Crippen molar-refractivity contribution in [3.8, 4) is 56.0 Å². The Balaban J connectivity index is 1.05. The highest BCUT2D eigenvalue weighted by atomic mass is 14.9. The number of hydrogen-bond donors (Lipinski definition) is 0. The second kappa shape index (κ2) is 12.8. The van der Waals surface area contributed by atoms with E-state index in [1.54, 1.807) is 0 Å². The van der Waals surface area contributed by atoms with Crippen molar-refractivity contribution in [3.63, 3.8) is 0 Å². The van der Waals surface area contributed by atoms with Gasteiger partial charge >= 0.3 is 0 Å². The van der Waals surface area contributed by atoms with Crippen molar-refractivity contribution in [1.82, 2.24) is 9.97 Å². The Morgan fingerprint density at radius 2 is 0.729 bits per heavy atom. The molecule has 0 saturated heterocycles. The first-order valence-corrected chi connectivity index (χ1v) is 20.5. The fourth-order valence-corrected chi connectivity index (χ4v) is 10.1. The molecule has 59 heavy (non-hydrogen) atoms. The molecule has 1 aliphatic carbocycles. The van der Waals surface area contributed by atoms with E-state index >= 15 is 0 Å². The summed E-state index contributed by atoms with van der Waals surface area (Å²) in [4.78, 5) is 11.0. The molecule has 0 aliphatic heterocycles. The summed E-state index contributed by atoms with van der Waals surface area (Å²) in [5, 5.41) is 12.8. The van der Waals surface area contributed by atoms with Gasteiger partial charge in [0.05, 0.1) is 11.4 Å². The molecule has 0 saturated carbocycles. The maximum atomic E-state index is 5.50. The summed E-state index contributed by atoms with van der Waals surface area (Å²) in [5.74, 6) is 0.748. The van der Waals surface area contributed by atoms with Crippen LogP contribution in [-0.4, -0.2) is 9.97 Å². The van der Waals surface area contributed by atoms with Crippen LogP contribution in [0.5, 0.6) is 0 Å². The highest BCUT2D eigenvalue weighted by Gasteiger charge is 2.42. The van der Waals surface area contributed by atoms with Crippen molar-refractivity contribution in [2.75, 3.05) is 0 Å². The highest BCUT2D eigenvalue weighted by molar-refractivity contribution is 6.26. The zero-order valence-electron chi connectivity index (χ0n) is 32.9. The van der Waals surface area contributed by atoms with Crippen LogP contribution in [0.3, 0.4) is 0 Å². The molecule has 0 N–H and O–H groups in total. The summed E-state index contributed by atoms with van der Waals surface area (Å²) in [7, 11) is 0. The second-order valence-corrected chi connectivity index (χ2v) is 16.5. The minimum absolute atomic E-state index is 0.362. The molecule has 2 nitrogen and oxygen atoms in total. The number of aromatic nitrogens is 2. The topological polar surface area (TPSA) is 25.8 Å². The molecule has 276 valence electrons. The van der Waals surface area contributed by atoms with Crippen molar-refractivity contribution >= 4 is 53.9 Å². The Kier molecular flexibility index (Phi) is 7.31. The largest absolute Gasteiger partial charge is 0.231 e. The molecular formula is C57H38N2. The average Bonchev–Trinajstić information content (AvgIpc) is 3.55. The van der Waals surface area contributed by atoms with Crippen molar-refractivity contribution in [2.45, 2.75) is 19.3 Å². The first kappa shape index (κ1) is 33.7. The fourth-order valence-electron chi connectivity index (χ4n) is 10.1. The van der Waals surface area contributed by atoms with E-state index in [-0.39, 0.29) is 5.41 Å². The van der Waals surface area contributed by atoms with Crippen LogP contribution >= 0.6 is 0 Å². The SMILES string of the molecule is CC1(C)c2nc(-c3ccccc3)nc(-c3cccc(-c4cccc(-c5ccc6c7ccccc7c7ccccc7c6c5)c4)c3)c2-c2c1c1ccccc1c1ccccc21. The van der Waals surface area contributed by atoms with Gasteiger partial charge < -0.3 is 0 Å². The number of nitrogens with zero attached hydrogens (tertiary/aromatic N) is 2. The summed E-state index contributed by atoms with van der Waals surface area (Å²) >= 11 is 0. The van der Waals surface area contributed by atoms with Gasteiger partial charge in [-0.3, -0.25) is 0 Å². The summed E-state index contributed by atoms with van der Waals surface area (Å²) in [6.45, 7) is 4.68. The van der Waals surface area contributed by atoms with Crippen LogP contribution in [0.15, 0.2) is 194 Å².